The highest BCUT2D eigenvalue weighted by molar-refractivity contribution is 5.46. The van der Waals surface area contributed by atoms with Crippen LogP contribution in [0.3, 0.4) is 0 Å². The van der Waals surface area contributed by atoms with E-state index in [1.807, 2.05) is 13.0 Å². The van der Waals surface area contributed by atoms with Gasteiger partial charge < -0.3 is 5.32 Å². The molecule has 4 heteroatoms. The van der Waals surface area contributed by atoms with Crippen LogP contribution in [0.1, 0.15) is 42.9 Å². The Morgan fingerprint density at radius 2 is 1.90 bits per heavy atom. The Morgan fingerprint density at radius 1 is 1.14 bits per heavy atom. The number of halogens is 1. The zero-order valence-electron chi connectivity index (χ0n) is 12.9. The quantitative estimate of drug-likeness (QED) is 0.875. The Labute approximate surface area is 125 Å². The second-order valence-electron chi connectivity index (χ2n) is 5.11. The SMILES string of the molecule is CCCNc1nc(Cc2ccccc2F)nc(CC)c1C. The van der Waals surface area contributed by atoms with E-state index in [0.29, 0.717) is 17.8 Å². The molecule has 1 aromatic heterocycles. The first-order valence-electron chi connectivity index (χ1n) is 7.49. The van der Waals surface area contributed by atoms with Gasteiger partial charge in [-0.15, -0.1) is 0 Å². The molecule has 0 unspecified atom stereocenters. The molecular formula is C17H22FN3. The van der Waals surface area contributed by atoms with Crippen molar-refractivity contribution in [3.8, 4) is 0 Å². The summed E-state index contributed by atoms with van der Waals surface area (Å²) in [6.07, 6.45) is 2.30. The first-order chi connectivity index (χ1) is 10.2. The second kappa shape index (κ2) is 7.16. The third kappa shape index (κ3) is 3.78. The Balaban J connectivity index is 2.33. The Morgan fingerprint density at radius 3 is 2.57 bits per heavy atom. The molecule has 0 radical (unpaired) electrons. The molecule has 0 amide bonds. The van der Waals surface area contributed by atoms with E-state index in [1.54, 1.807) is 12.1 Å². The van der Waals surface area contributed by atoms with Gasteiger partial charge in [0.05, 0.1) is 0 Å². The predicted molar refractivity (Wildman–Crippen MR) is 84.1 cm³/mol. The number of hydrogen-bond donors (Lipinski definition) is 1. The number of rotatable bonds is 6. The molecule has 21 heavy (non-hydrogen) atoms. The lowest BCUT2D eigenvalue weighted by Crippen LogP contribution is -2.11. The smallest absolute Gasteiger partial charge is 0.135 e. The summed E-state index contributed by atoms with van der Waals surface area (Å²) in [6.45, 7) is 7.10. The molecule has 0 atom stereocenters. The maximum atomic E-state index is 13.8. The molecule has 1 aromatic carbocycles. The molecule has 3 nitrogen and oxygen atoms in total. The summed E-state index contributed by atoms with van der Waals surface area (Å²) in [5.41, 5.74) is 2.74. The van der Waals surface area contributed by atoms with Crippen molar-refractivity contribution in [1.29, 1.82) is 0 Å². The molecule has 2 rings (SSSR count). The van der Waals surface area contributed by atoms with Crippen LogP contribution in [0.15, 0.2) is 24.3 Å². The van der Waals surface area contributed by atoms with Crippen LogP contribution in [0.2, 0.25) is 0 Å². The number of nitrogens with one attached hydrogen (secondary N) is 1. The monoisotopic (exact) mass is 287 g/mol. The van der Waals surface area contributed by atoms with Crippen molar-refractivity contribution >= 4 is 5.82 Å². The lowest BCUT2D eigenvalue weighted by molar-refractivity contribution is 0.612. The van der Waals surface area contributed by atoms with E-state index in [0.717, 1.165) is 36.5 Å². The third-order valence-corrected chi connectivity index (χ3v) is 3.48. The first-order valence-corrected chi connectivity index (χ1v) is 7.49. The third-order valence-electron chi connectivity index (χ3n) is 3.48. The van der Waals surface area contributed by atoms with Crippen LogP contribution in [0.25, 0.3) is 0 Å². The largest absolute Gasteiger partial charge is 0.370 e. The molecule has 1 N–H and O–H groups in total. The zero-order chi connectivity index (χ0) is 15.2. The standard InChI is InChI=1S/C17H22FN3/c1-4-10-19-17-12(3)15(5-2)20-16(21-17)11-13-8-6-7-9-14(13)18/h6-9H,4-5,10-11H2,1-3H3,(H,19,20,21). The molecule has 1 heterocycles. The van der Waals surface area contributed by atoms with Gasteiger partial charge in [0.15, 0.2) is 0 Å². The van der Waals surface area contributed by atoms with Crippen LogP contribution in [-0.4, -0.2) is 16.5 Å². The van der Waals surface area contributed by atoms with E-state index < -0.39 is 0 Å². The average Bonchev–Trinajstić information content (AvgIpc) is 2.49. The summed E-state index contributed by atoms with van der Waals surface area (Å²) in [5.74, 6) is 1.33. The normalized spacial score (nSPS) is 10.7. The van der Waals surface area contributed by atoms with Crippen molar-refractivity contribution < 1.29 is 4.39 Å². The molecular weight excluding hydrogens is 265 g/mol. The van der Waals surface area contributed by atoms with Gasteiger partial charge in [-0.05, 0) is 31.4 Å². The molecule has 2 aromatic rings. The average molecular weight is 287 g/mol. The van der Waals surface area contributed by atoms with Gasteiger partial charge in [0.25, 0.3) is 0 Å². The Kier molecular flexibility index (Phi) is 5.26. The minimum Gasteiger partial charge on any atom is -0.370 e. The highest BCUT2D eigenvalue weighted by Gasteiger charge is 2.11. The summed E-state index contributed by atoms with van der Waals surface area (Å²) in [7, 11) is 0. The second-order valence-corrected chi connectivity index (χ2v) is 5.11. The molecule has 0 spiro atoms. The maximum Gasteiger partial charge on any atom is 0.135 e. The van der Waals surface area contributed by atoms with Crippen molar-refractivity contribution in [3.63, 3.8) is 0 Å². The fraction of sp³-hybridized carbons (Fsp3) is 0.412. The fourth-order valence-electron chi connectivity index (χ4n) is 2.27. The van der Waals surface area contributed by atoms with Crippen molar-refractivity contribution in [2.45, 2.75) is 40.0 Å². The predicted octanol–water partition coefficient (Wildman–Crippen LogP) is 3.90. The van der Waals surface area contributed by atoms with Gasteiger partial charge in [-0.3, -0.25) is 0 Å². The van der Waals surface area contributed by atoms with Gasteiger partial charge >= 0.3 is 0 Å². The van der Waals surface area contributed by atoms with Gasteiger partial charge in [-0.1, -0.05) is 32.0 Å². The van der Waals surface area contributed by atoms with Crippen LogP contribution in [0.4, 0.5) is 10.2 Å². The molecule has 0 fully saturated rings. The van der Waals surface area contributed by atoms with Crippen molar-refractivity contribution in [2.24, 2.45) is 0 Å². The molecule has 0 bridgehead atoms. The molecule has 0 saturated heterocycles. The number of aryl methyl sites for hydroxylation is 1. The van der Waals surface area contributed by atoms with E-state index in [4.69, 9.17) is 0 Å². The van der Waals surface area contributed by atoms with Crippen LogP contribution in [0, 0.1) is 12.7 Å². The summed E-state index contributed by atoms with van der Waals surface area (Å²) < 4.78 is 13.8. The van der Waals surface area contributed by atoms with Crippen molar-refractivity contribution in [3.05, 3.63) is 52.7 Å². The van der Waals surface area contributed by atoms with E-state index in [9.17, 15) is 4.39 Å². The highest BCUT2D eigenvalue weighted by Crippen LogP contribution is 2.18. The molecule has 112 valence electrons. The minimum atomic E-state index is -0.206. The lowest BCUT2D eigenvalue weighted by atomic mass is 10.1. The minimum absolute atomic E-state index is 0.206. The van der Waals surface area contributed by atoms with E-state index in [-0.39, 0.29) is 5.82 Å². The summed E-state index contributed by atoms with van der Waals surface area (Å²) >= 11 is 0. The van der Waals surface area contributed by atoms with Gasteiger partial charge in [0.1, 0.15) is 17.5 Å². The van der Waals surface area contributed by atoms with Crippen molar-refractivity contribution in [2.75, 3.05) is 11.9 Å². The van der Waals surface area contributed by atoms with Crippen LogP contribution < -0.4 is 5.32 Å². The number of benzene rings is 1. The molecule has 0 aliphatic rings. The number of hydrogen-bond acceptors (Lipinski definition) is 3. The summed E-state index contributed by atoms with van der Waals surface area (Å²) in [6, 6.07) is 6.79. The molecule has 0 aliphatic heterocycles. The summed E-state index contributed by atoms with van der Waals surface area (Å²) in [5, 5.41) is 3.33. The van der Waals surface area contributed by atoms with E-state index >= 15 is 0 Å². The maximum absolute atomic E-state index is 13.8. The van der Waals surface area contributed by atoms with Gasteiger partial charge in [0, 0.05) is 24.2 Å². The van der Waals surface area contributed by atoms with Crippen LogP contribution in [-0.2, 0) is 12.8 Å². The Bertz CT molecular complexity index is 611. The number of nitrogens with zero attached hydrogens (tertiary/aromatic N) is 2. The molecule has 0 saturated carbocycles. The zero-order valence-corrected chi connectivity index (χ0v) is 12.9. The highest BCUT2D eigenvalue weighted by atomic mass is 19.1. The first kappa shape index (κ1) is 15.4. The number of anilines is 1. The van der Waals surface area contributed by atoms with E-state index in [2.05, 4.69) is 29.1 Å². The Hall–Kier alpha value is -1.97. The van der Waals surface area contributed by atoms with Crippen LogP contribution >= 0.6 is 0 Å². The van der Waals surface area contributed by atoms with Gasteiger partial charge in [-0.2, -0.15) is 0 Å². The van der Waals surface area contributed by atoms with Crippen molar-refractivity contribution in [1.82, 2.24) is 9.97 Å². The van der Waals surface area contributed by atoms with Crippen LogP contribution in [0.5, 0.6) is 0 Å². The molecule has 0 aliphatic carbocycles. The topological polar surface area (TPSA) is 37.8 Å². The fourth-order valence-corrected chi connectivity index (χ4v) is 2.27. The summed E-state index contributed by atoms with van der Waals surface area (Å²) in [4.78, 5) is 9.14. The number of aromatic nitrogens is 2. The lowest BCUT2D eigenvalue weighted by Gasteiger charge is -2.13. The van der Waals surface area contributed by atoms with Gasteiger partial charge in [0.2, 0.25) is 0 Å². The van der Waals surface area contributed by atoms with Gasteiger partial charge in [-0.25, -0.2) is 14.4 Å². The van der Waals surface area contributed by atoms with E-state index in [1.165, 1.54) is 6.07 Å².